The van der Waals surface area contributed by atoms with Crippen LogP contribution in [0.3, 0.4) is 0 Å². The van der Waals surface area contributed by atoms with Crippen LogP contribution in [0.2, 0.25) is 0 Å². The topological polar surface area (TPSA) is 56.4 Å². The van der Waals surface area contributed by atoms with Crippen LogP contribution in [0.25, 0.3) is 0 Å². The van der Waals surface area contributed by atoms with Crippen LogP contribution in [0, 0.1) is 0 Å². The van der Waals surface area contributed by atoms with E-state index in [9.17, 15) is 9.59 Å². The zero-order valence-corrected chi connectivity index (χ0v) is 14.9. The lowest BCUT2D eigenvalue weighted by Gasteiger charge is -2.22. The first kappa shape index (κ1) is 17.3. The van der Waals surface area contributed by atoms with Crippen LogP contribution in [-0.4, -0.2) is 52.8 Å². The highest BCUT2D eigenvalue weighted by atomic mass is 16.2. The Morgan fingerprint density at radius 2 is 1.48 bits per heavy atom. The molecule has 0 bridgehead atoms. The van der Waals surface area contributed by atoms with Crippen molar-refractivity contribution >= 4 is 11.8 Å². The highest BCUT2D eigenvalue weighted by molar-refractivity contribution is 5.95. The zero-order valence-electron chi connectivity index (χ0n) is 14.9. The maximum atomic E-state index is 12.8. The lowest BCUT2D eigenvalue weighted by atomic mass is 10.0. The fourth-order valence-corrected chi connectivity index (χ4v) is 3.16. The Morgan fingerprint density at radius 1 is 0.880 bits per heavy atom. The summed E-state index contributed by atoms with van der Waals surface area (Å²) in [6.45, 7) is 6.78. The second-order valence-corrected chi connectivity index (χ2v) is 6.81. The molecular formula is C20H25N3O2. The Hall–Kier alpha value is -2.56. The van der Waals surface area contributed by atoms with Gasteiger partial charge in [0.25, 0.3) is 11.8 Å². The quantitative estimate of drug-likeness (QED) is 0.934. The third-order valence-corrected chi connectivity index (χ3v) is 4.74. The number of H-pyrrole nitrogens is 1. The zero-order chi connectivity index (χ0) is 17.8. The van der Waals surface area contributed by atoms with E-state index in [1.807, 2.05) is 34.1 Å². The van der Waals surface area contributed by atoms with Crippen LogP contribution in [0.1, 0.15) is 52.5 Å². The number of rotatable bonds is 3. The van der Waals surface area contributed by atoms with Gasteiger partial charge in [-0.15, -0.1) is 0 Å². The lowest BCUT2D eigenvalue weighted by Crippen LogP contribution is -2.37. The third kappa shape index (κ3) is 3.92. The SMILES string of the molecule is CC(C)c1ccc(C(=O)N2CCCN(C(=O)c3cc[nH]c3)CC2)cc1. The Balaban J connectivity index is 1.64. The van der Waals surface area contributed by atoms with E-state index in [1.165, 1.54) is 5.56 Å². The molecule has 5 heteroatoms. The molecule has 2 amide bonds. The number of hydrogen-bond donors (Lipinski definition) is 1. The fourth-order valence-electron chi connectivity index (χ4n) is 3.16. The number of carbonyl (C=O) groups is 2. The molecule has 1 saturated heterocycles. The van der Waals surface area contributed by atoms with Crippen molar-refractivity contribution < 1.29 is 9.59 Å². The summed E-state index contributed by atoms with van der Waals surface area (Å²) < 4.78 is 0. The molecule has 0 spiro atoms. The van der Waals surface area contributed by atoms with Crippen LogP contribution in [0.4, 0.5) is 0 Å². The molecule has 25 heavy (non-hydrogen) atoms. The summed E-state index contributed by atoms with van der Waals surface area (Å²) in [4.78, 5) is 31.8. The summed E-state index contributed by atoms with van der Waals surface area (Å²) >= 11 is 0. The molecule has 1 aromatic carbocycles. The third-order valence-electron chi connectivity index (χ3n) is 4.74. The standard InChI is InChI=1S/C20H25N3O2/c1-15(2)16-4-6-17(7-5-16)19(24)22-10-3-11-23(13-12-22)20(25)18-8-9-21-14-18/h4-9,14-15,21H,3,10-13H2,1-2H3. The molecule has 1 aliphatic rings. The predicted octanol–water partition coefficient (Wildman–Crippen LogP) is 3.13. The van der Waals surface area contributed by atoms with Gasteiger partial charge in [0.05, 0.1) is 5.56 Å². The maximum absolute atomic E-state index is 12.8. The number of aromatic amines is 1. The molecule has 5 nitrogen and oxygen atoms in total. The molecule has 1 N–H and O–H groups in total. The summed E-state index contributed by atoms with van der Waals surface area (Å²) in [5.41, 5.74) is 2.62. The number of amides is 2. The first-order valence-electron chi connectivity index (χ1n) is 8.87. The summed E-state index contributed by atoms with van der Waals surface area (Å²) in [5.74, 6) is 0.526. The monoisotopic (exact) mass is 339 g/mol. The highest BCUT2D eigenvalue weighted by Crippen LogP contribution is 2.17. The molecule has 0 saturated carbocycles. The number of carbonyl (C=O) groups excluding carboxylic acids is 2. The van der Waals surface area contributed by atoms with E-state index in [4.69, 9.17) is 0 Å². The van der Waals surface area contributed by atoms with Crippen molar-refractivity contribution in [3.8, 4) is 0 Å². The molecule has 1 aliphatic heterocycles. The molecule has 2 heterocycles. The van der Waals surface area contributed by atoms with Crippen molar-refractivity contribution in [2.24, 2.45) is 0 Å². The van der Waals surface area contributed by atoms with Gasteiger partial charge in [-0.05, 0) is 36.1 Å². The molecular weight excluding hydrogens is 314 g/mol. The molecule has 0 aliphatic carbocycles. The van der Waals surface area contributed by atoms with E-state index in [1.54, 1.807) is 18.5 Å². The molecule has 3 rings (SSSR count). The van der Waals surface area contributed by atoms with Crippen molar-refractivity contribution in [3.63, 3.8) is 0 Å². The van der Waals surface area contributed by atoms with Gasteiger partial charge in [0.2, 0.25) is 0 Å². The average Bonchev–Trinajstić information content (AvgIpc) is 3.05. The highest BCUT2D eigenvalue weighted by Gasteiger charge is 2.23. The predicted molar refractivity (Wildman–Crippen MR) is 97.7 cm³/mol. The van der Waals surface area contributed by atoms with Crippen LogP contribution < -0.4 is 0 Å². The average molecular weight is 339 g/mol. The van der Waals surface area contributed by atoms with Gasteiger partial charge in [0, 0.05) is 44.1 Å². The van der Waals surface area contributed by atoms with Crippen molar-refractivity contribution in [3.05, 3.63) is 59.4 Å². The van der Waals surface area contributed by atoms with Gasteiger partial charge >= 0.3 is 0 Å². The summed E-state index contributed by atoms with van der Waals surface area (Å²) in [7, 11) is 0. The first-order chi connectivity index (χ1) is 12.1. The molecule has 132 valence electrons. The van der Waals surface area contributed by atoms with E-state index < -0.39 is 0 Å². The number of benzene rings is 1. The second-order valence-electron chi connectivity index (χ2n) is 6.81. The van der Waals surface area contributed by atoms with E-state index >= 15 is 0 Å². The molecule has 2 aromatic rings. The van der Waals surface area contributed by atoms with Gasteiger partial charge in [0.1, 0.15) is 0 Å². The Bertz CT molecular complexity index is 720. The molecule has 1 aromatic heterocycles. The van der Waals surface area contributed by atoms with Crippen LogP contribution in [-0.2, 0) is 0 Å². The van der Waals surface area contributed by atoms with Crippen molar-refractivity contribution in [2.45, 2.75) is 26.2 Å². The van der Waals surface area contributed by atoms with Gasteiger partial charge in [-0.25, -0.2) is 0 Å². The molecule has 0 atom stereocenters. The molecule has 0 radical (unpaired) electrons. The van der Waals surface area contributed by atoms with Gasteiger partial charge in [-0.3, -0.25) is 9.59 Å². The summed E-state index contributed by atoms with van der Waals surface area (Å²) in [6, 6.07) is 9.65. The van der Waals surface area contributed by atoms with Crippen molar-refractivity contribution in [1.29, 1.82) is 0 Å². The van der Waals surface area contributed by atoms with Crippen LogP contribution in [0.5, 0.6) is 0 Å². The minimum absolute atomic E-state index is 0.0248. The smallest absolute Gasteiger partial charge is 0.255 e. The van der Waals surface area contributed by atoms with Gasteiger partial charge in [-0.1, -0.05) is 26.0 Å². The maximum Gasteiger partial charge on any atom is 0.255 e. The second kappa shape index (κ2) is 7.55. The van der Waals surface area contributed by atoms with Gasteiger partial charge in [0.15, 0.2) is 0 Å². The van der Waals surface area contributed by atoms with E-state index in [0.29, 0.717) is 37.7 Å². The van der Waals surface area contributed by atoms with Crippen molar-refractivity contribution in [2.75, 3.05) is 26.2 Å². The Kier molecular flexibility index (Phi) is 5.22. The first-order valence-corrected chi connectivity index (χ1v) is 8.87. The van der Waals surface area contributed by atoms with Crippen molar-refractivity contribution in [1.82, 2.24) is 14.8 Å². The van der Waals surface area contributed by atoms with Gasteiger partial charge in [-0.2, -0.15) is 0 Å². The number of nitrogens with one attached hydrogen (secondary N) is 1. The minimum Gasteiger partial charge on any atom is -0.367 e. The van der Waals surface area contributed by atoms with Gasteiger partial charge < -0.3 is 14.8 Å². The number of aromatic nitrogens is 1. The minimum atomic E-state index is 0.0248. The van der Waals surface area contributed by atoms with Crippen LogP contribution in [0.15, 0.2) is 42.7 Å². The van der Waals surface area contributed by atoms with Crippen LogP contribution >= 0.6 is 0 Å². The largest absolute Gasteiger partial charge is 0.367 e. The molecule has 1 fully saturated rings. The Morgan fingerprint density at radius 3 is 2.00 bits per heavy atom. The molecule has 0 unspecified atom stereocenters. The van der Waals surface area contributed by atoms with E-state index in [2.05, 4.69) is 18.8 Å². The van der Waals surface area contributed by atoms with E-state index in [0.717, 1.165) is 12.0 Å². The Labute approximate surface area is 148 Å². The number of nitrogens with zero attached hydrogens (tertiary/aromatic N) is 2. The summed E-state index contributed by atoms with van der Waals surface area (Å²) in [6.07, 6.45) is 4.26. The summed E-state index contributed by atoms with van der Waals surface area (Å²) in [5, 5.41) is 0. The lowest BCUT2D eigenvalue weighted by molar-refractivity contribution is 0.0719. The van der Waals surface area contributed by atoms with E-state index in [-0.39, 0.29) is 11.8 Å². The normalized spacial score (nSPS) is 15.3. The fraction of sp³-hybridized carbons (Fsp3) is 0.400. The number of hydrogen-bond acceptors (Lipinski definition) is 2.